The molecule has 0 bridgehead atoms. The summed E-state index contributed by atoms with van der Waals surface area (Å²) in [5.74, 6) is 0. The van der Waals surface area contributed by atoms with E-state index in [1.807, 2.05) is 28.7 Å². The van der Waals surface area contributed by atoms with Crippen LogP contribution < -0.4 is 10.1 Å². The first-order valence-electron chi connectivity index (χ1n) is 8.58. The monoisotopic (exact) mass is 403 g/mol. The molecule has 0 fully saturated rings. The van der Waals surface area contributed by atoms with Gasteiger partial charge in [-0.25, -0.2) is 0 Å². The second-order valence-electron chi connectivity index (χ2n) is 6.57. The highest BCUT2D eigenvalue weighted by Gasteiger charge is 2.19. The summed E-state index contributed by atoms with van der Waals surface area (Å²) in [5.41, 5.74) is 5.56. The van der Waals surface area contributed by atoms with Gasteiger partial charge in [-0.05, 0) is 11.6 Å². The highest BCUT2D eigenvalue weighted by Crippen LogP contribution is 2.28. The Balaban J connectivity index is 1.76. The number of fused-ring (bicyclic) bond motifs is 3. The number of pyridine rings is 2. The van der Waals surface area contributed by atoms with Crippen LogP contribution in [-0.4, -0.2) is 4.40 Å². The van der Waals surface area contributed by atoms with Gasteiger partial charge in [0, 0.05) is 39.9 Å². The van der Waals surface area contributed by atoms with Crippen molar-refractivity contribution < 1.29 is 4.57 Å². The van der Waals surface area contributed by atoms with Crippen LogP contribution in [0.1, 0.15) is 11.1 Å². The lowest BCUT2D eigenvalue weighted by atomic mass is 10.1. The molecule has 126 valence electrons. The van der Waals surface area contributed by atoms with Crippen molar-refractivity contribution in [2.75, 3.05) is 0 Å². The highest BCUT2D eigenvalue weighted by atomic mass is 79.9. The zero-order valence-corrected chi connectivity index (χ0v) is 15.6. The lowest BCUT2D eigenvalue weighted by Crippen LogP contribution is -2.35. The van der Waals surface area contributed by atoms with Crippen molar-refractivity contribution in [3.63, 3.8) is 0 Å². The van der Waals surface area contributed by atoms with Crippen molar-refractivity contribution in [3.8, 4) is 0 Å². The van der Waals surface area contributed by atoms with E-state index in [1.54, 1.807) is 6.07 Å². The molecule has 0 saturated carbocycles. The predicted octanol–water partition coefficient (Wildman–Crippen LogP) is 4.27. The lowest BCUT2D eigenvalue weighted by molar-refractivity contribution is -0.662. The summed E-state index contributed by atoms with van der Waals surface area (Å²) in [4.78, 5) is 12.5. The largest absolute Gasteiger partial charge is 0.270 e. The maximum absolute atomic E-state index is 12.5. The fraction of sp³-hybridized carbons (Fsp3) is 0.0909. The fourth-order valence-electron chi connectivity index (χ4n) is 3.76. The Hall–Kier alpha value is -2.72. The number of alkyl halides is 1. The van der Waals surface area contributed by atoms with Crippen LogP contribution in [0.4, 0.5) is 0 Å². The zero-order valence-electron chi connectivity index (χ0n) is 14.0. The van der Waals surface area contributed by atoms with Crippen LogP contribution in [0.25, 0.3) is 27.3 Å². The van der Waals surface area contributed by atoms with Gasteiger partial charge in [0.15, 0.2) is 12.7 Å². The van der Waals surface area contributed by atoms with E-state index < -0.39 is 0 Å². The number of nitrogens with zero attached hydrogens (tertiary/aromatic N) is 2. The summed E-state index contributed by atoms with van der Waals surface area (Å²) in [6, 6.07) is 22.4. The summed E-state index contributed by atoms with van der Waals surface area (Å²) in [5, 5.41) is 3.11. The van der Waals surface area contributed by atoms with Crippen LogP contribution >= 0.6 is 15.9 Å². The molecule has 26 heavy (non-hydrogen) atoms. The van der Waals surface area contributed by atoms with Crippen molar-refractivity contribution in [3.05, 3.63) is 94.4 Å². The minimum Gasteiger partial charge on any atom is -0.270 e. The Labute approximate surface area is 158 Å². The molecule has 0 aliphatic rings. The van der Waals surface area contributed by atoms with Crippen molar-refractivity contribution in [2.45, 2.75) is 11.9 Å². The molecule has 3 nitrogen and oxygen atoms in total. The SMILES string of the molecule is O=c1ccc2c3c(cc[n+]2Cc2ccc(CBr)cc2)c2ccccc2n13. The molecular weight excluding hydrogens is 388 g/mol. The molecule has 0 N–H and O–H groups in total. The Morgan fingerprint density at radius 1 is 0.846 bits per heavy atom. The Bertz CT molecular complexity index is 1310. The van der Waals surface area contributed by atoms with E-state index in [0.717, 1.165) is 39.2 Å². The van der Waals surface area contributed by atoms with Gasteiger partial charge >= 0.3 is 0 Å². The van der Waals surface area contributed by atoms with Crippen LogP contribution in [0.5, 0.6) is 0 Å². The minimum absolute atomic E-state index is 0.0168. The highest BCUT2D eigenvalue weighted by molar-refractivity contribution is 9.08. The third kappa shape index (κ3) is 2.26. The predicted molar refractivity (Wildman–Crippen MR) is 108 cm³/mol. The van der Waals surface area contributed by atoms with Crippen LogP contribution in [0, 0.1) is 0 Å². The van der Waals surface area contributed by atoms with E-state index in [2.05, 4.69) is 63.1 Å². The van der Waals surface area contributed by atoms with E-state index in [1.165, 1.54) is 11.1 Å². The molecule has 0 unspecified atom stereocenters. The number of hydrogen-bond donors (Lipinski definition) is 0. The van der Waals surface area contributed by atoms with E-state index in [0.29, 0.717) is 0 Å². The van der Waals surface area contributed by atoms with Crippen LogP contribution in [-0.2, 0) is 11.9 Å². The first kappa shape index (κ1) is 15.5. The van der Waals surface area contributed by atoms with Gasteiger partial charge in [0.1, 0.15) is 5.52 Å². The second kappa shape index (κ2) is 5.92. The van der Waals surface area contributed by atoms with Gasteiger partial charge in [0.05, 0.1) is 5.52 Å². The first-order chi connectivity index (χ1) is 12.8. The molecule has 4 heteroatoms. The van der Waals surface area contributed by atoms with Crippen molar-refractivity contribution in [1.82, 2.24) is 4.40 Å². The summed E-state index contributed by atoms with van der Waals surface area (Å²) < 4.78 is 4.05. The van der Waals surface area contributed by atoms with Gasteiger partial charge in [-0.15, -0.1) is 0 Å². The average molecular weight is 404 g/mol. The average Bonchev–Trinajstić information content (AvgIpc) is 3.02. The Kier molecular flexibility index (Phi) is 3.54. The summed E-state index contributed by atoms with van der Waals surface area (Å²) in [7, 11) is 0. The summed E-state index contributed by atoms with van der Waals surface area (Å²) in [6.45, 7) is 0.772. The van der Waals surface area contributed by atoms with Gasteiger partial charge in [-0.2, -0.15) is 4.57 Å². The number of rotatable bonds is 3. The zero-order chi connectivity index (χ0) is 17.7. The maximum Gasteiger partial charge on any atom is 0.256 e. The molecule has 5 aromatic rings. The van der Waals surface area contributed by atoms with E-state index in [9.17, 15) is 4.79 Å². The van der Waals surface area contributed by atoms with Gasteiger partial charge in [-0.1, -0.05) is 58.4 Å². The molecule has 0 saturated heterocycles. The molecule has 0 aliphatic carbocycles. The smallest absolute Gasteiger partial charge is 0.256 e. The number of aromatic nitrogens is 2. The summed E-state index contributed by atoms with van der Waals surface area (Å²) >= 11 is 3.49. The summed E-state index contributed by atoms with van der Waals surface area (Å²) in [6.07, 6.45) is 2.12. The Morgan fingerprint density at radius 3 is 2.42 bits per heavy atom. The lowest BCUT2D eigenvalue weighted by Gasteiger charge is -2.04. The van der Waals surface area contributed by atoms with Gasteiger partial charge in [0.2, 0.25) is 5.52 Å². The number of halogens is 1. The van der Waals surface area contributed by atoms with Crippen molar-refractivity contribution >= 4 is 43.3 Å². The van der Waals surface area contributed by atoms with Gasteiger partial charge in [0.25, 0.3) is 5.56 Å². The van der Waals surface area contributed by atoms with Crippen molar-refractivity contribution in [2.24, 2.45) is 0 Å². The molecule has 5 rings (SSSR count). The molecule has 3 aromatic heterocycles. The second-order valence-corrected chi connectivity index (χ2v) is 7.13. The molecule has 0 aliphatic heterocycles. The molecule has 0 amide bonds. The molecule has 0 atom stereocenters. The molecule has 3 heterocycles. The topological polar surface area (TPSA) is 25.4 Å². The third-order valence-electron chi connectivity index (χ3n) is 5.02. The van der Waals surface area contributed by atoms with Crippen LogP contribution in [0.15, 0.2) is 77.7 Å². The van der Waals surface area contributed by atoms with Crippen molar-refractivity contribution in [1.29, 1.82) is 0 Å². The third-order valence-corrected chi connectivity index (χ3v) is 5.67. The molecule has 0 spiro atoms. The number of benzene rings is 2. The van der Waals surface area contributed by atoms with Gasteiger partial charge < -0.3 is 0 Å². The minimum atomic E-state index is 0.0168. The van der Waals surface area contributed by atoms with E-state index in [4.69, 9.17) is 0 Å². The fourth-order valence-corrected chi connectivity index (χ4v) is 4.14. The van der Waals surface area contributed by atoms with Crippen LogP contribution in [0.2, 0.25) is 0 Å². The van der Waals surface area contributed by atoms with E-state index in [-0.39, 0.29) is 5.56 Å². The van der Waals surface area contributed by atoms with Crippen LogP contribution in [0.3, 0.4) is 0 Å². The molecule has 0 radical (unpaired) electrons. The Morgan fingerprint density at radius 2 is 1.62 bits per heavy atom. The normalized spacial score (nSPS) is 11.7. The molecule has 2 aromatic carbocycles. The quantitative estimate of drug-likeness (QED) is 0.326. The first-order valence-corrected chi connectivity index (χ1v) is 9.70. The molecular formula is C22H16BrN2O+. The van der Waals surface area contributed by atoms with E-state index >= 15 is 0 Å². The van der Waals surface area contributed by atoms with Gasteiger partial charge in [-0.3, -0.25) is 9.20 Å². The number of hydrogen-bond acceptors (Lipinski definition) is 1. The number of para-hydroxylation sites is 1. The maximum atomic E-state index is 12.5. The standard InChI is InChI=1S/C22H16BrN2O/c23-13-15-5-7-16(8-6-15)14-24-12-11-18-17-3-1-2-4-19(17)25-21(26)10-9-20(24)22(18)25/h1-12H,13-14H2/q+1.